The van der Waals surface area contributed by atoms with Crippen molar-refractivity contribution < 1.29 is 37.1 Å². The molecule has 0 aliphatic heterocycles. The molecule has 0 aliphatic rings. The second-order valence-electron chi connectivity index (χ2n) is 2.74. The smallest absolute Gasteiger partial charge is 0.374 e. The summed E-state index contributed by atoms with van der Waals surface area (Å²) in [6.45, 7) is 3.34. The van der Waals surface area contributed by atoms with E-state index in [2.05, 4.69) is 11.3 Å². The normalized spacial score (nSPS) is 10.9. The van der Waals surface area contributed by atoms with E-state index in [0.29, 0.717) is 0 Å². The minimum Gasteiger partial charge on any atom is -0.485 e. The van der Waals surface area contributed by atoms with Gasteiger partial charge in [-0.15, -0.1) is 0 Å². The van der Waals surface area contributed by atoms with Crippen LogP contribution in [-0.4, -0.2) is 56.4 Å². The van der Waals surface area contributed by atoms with Crippen LogP contribution in [0.5, 0.6) is 0 Å². The fraction of sp³-hybridized carbons (Fsp3) is 0.625. The van der Waals surface area contributed by atoms with Crippen molar-refractivity contribution in [3.8, 4) is 0 Å². The van der Waals surface area contributed by atoms with Gasteiger partial charge in [-0.05, 0) is 6.58 Å². The van der Waals surface area contributed by atoms with Gasteiger partial charge in [0.05, 0.1) is 19.8 Å². The quantitative estimate of drug-likeness (QED) is 0.178. The first kappa shape index (κ1) is 15.8. The van der Waals surface area contributed by atoms with Gasteiger partial charge < -0.3 is 19.3 Å². The van der Waals surface area contributed by atoms with E-state index in [1.807, 2.05) is 0 Å². The average Bonchev–Trinajstić information content (AvgIpc) is 2.24. The molecule has 0 atom stereocenters. The molecule has 0 unspecified atom stereocenters. The number of rotatable bonds is 9. The summed E-state index contributed by atoms with van der Waals surface area (Å²) in [6.07, 6.45) is 0. The van der Waals surface area contributed by atoms with Crippen molar-refractivity contribution in [1.29, 1.82) is 0 Å². The van der Waals surface area contributed by atoms with Gasteiger partial charge in [0, 0.05) is 0 Å². The first-order valence-corrected chi connectivity index (χ1v) is 6.10. The highest BCUT2D eigenvalue weighted by molar-refractivity contribution is 7.85. The molecule has 0 heterocycles. The van der Waals surface area contributed by atoms with Crippen LogP contribution in [0.2, 0.25) is 0 Å². The van der Waals surface area contributed by atoms with Gasteiger partial charge in [-0.1, -0.05) is 0 Å². The highest BCUT2D eigenvalue weighted by Crippen LogP contribution is 1.98. The van der Waals surface area contributed by atoms with E-state index < -0.39 is 27.8 Å². The third kappa shape index (κ3) is 9.75. The molecule has 100 valence electrons. The number of esters is 1. The molecule has 0 fully saturated rings. The molecule has 0 aliphatic carbocycles. The van der Waals surface area contributed by atoms with Crippen LogP contribution >= 0.6 is 0 Å². The van der Waals surface area contributed by atoms with Crippen LogP contribution in [0, 0.1) is 0 Å². The largest absolute Gasteiger partial charge is 0.485 e. The Morgan fingerprint density at radius 2 is 1.82 bits per heavy atom. The van der Waals surface area contributed by atoms with Gasteiger partial charge in [0.1, 0.15) is 6.61 Å². The second-order valence-corrected chi connectivity index (χ2v) is 4.14. The standard InChI is InChI=1S/C8H14O8S/c1-7(15-5-4-14-3-2-9)8(10)16-6-17(11,12)13/h9H,1-6H2,(H,11,12,13). The van der Waals surface area contributed by atoms with Gasteiger partial charge >= 0.3 is 16.1 Å². The summed E-state index contributed by atoms with van der Waals surface area (Å²) in [4.78, 5) is 11.0. The summed E-state index contributed by atoms with van der Waals surface area (Å²) in [5, 5.41) is 8.37. The highest BCUT2D eigenvalue weighted by atomic mass is 32.2. The lowest BCUT2D eigenvalue weighted by molar-refractivity contribution is -0.141. The van der Waals surface area contributed by atoms with E-state index in [1.165, 1.54) is 0 Å². The summed E-state index contributed by atoms with van der Waals surface area (Å²) in [5.74, 6) is -2.65. The van der Waals surface area contributed by atoms with Crippen molar-refractivity contribution in [1.82, 2.24) is 0 Å². The van der Waals surface area contributed by atoms with E-state index in [0.717, 1.165) is 0 Å². The molecular formula is C8H14O8S. The molecule has 2 N–H and O–H groups in total. The summed E-state index contributed by atoms with van der Waals surface area (Å²) in [6, 6.07) is 0. The lowest BCUT2D eigenvalue weighted by Crippen LogP contribution is -2.17. The number of carbonyl (C=O) groups is 1. The summed E-state index contributed by atoms with van der Waals surface area (Å²) < 4.78 is 42.6. The molecule has 0 spiro atoms. The molecule has 0 radical (unpaired) electrons. The SMILES string of the molecule is C=C(OCCOCCO)C(=O)OCS(=O)(=O)O. The zero-order valence-corrected chi connectivity index (χ0v) is 9.81. The highest BCUT2D eigenvalue weighted by Gasteiger charge is 2.14. The minimum atomic E-state index is -4.38. The van der Waals surface area contributed by atoms with Gasteiger partial charge in [-0.25, -0.2) is 4.79 Å². The van der Waals surface area contributed by atoms with Crippen molar-refractivity contribution in [2.75, 3.05) is 32.4 Å². The van der Waals surface area contributed by atoms with Crippen LogP contribution in [0.3, 0.4) is 0 Å². The molecule has 0 rings (SSSR count). The molecule has 0 aromatic rings. The second kappa shape index (κ2) is 8.01. The fourth-order valence-corrected chi connectivity index (χ4v) is 0.914. The lowest BCUT2D eigenvalue weighted by Gasteiger charge is -2.08. The number of hydrogen-bond donors (Lipinski definition) is 2. The molecule has 0 aromatic heterocycles. The van der Waals surface area contributed by atoms with E-state index in [4.69, 9.17) is 19.1 Å². The van der Waals surface area contributed by atoms with Gasteiger partial charge in [0.25, 0.3) is 0 Å². The van der Waals surface area contributed by atoms with Crippen molar-refractivity contribution in [3.05, 3.63) is 12.3 Å². The third-order valence-electron chi connectivity index (χ3n) is 1.31. The van der Waals surface area contributed by atoms with Crippen LogP contribution in [0.25, 0.3) is 0 Å². The van der Waals surface area contributed by atoms with Gasteiger partial charge in [0.15, 0.2) is 5.76 Å². The molecule has 8 nitrogen and oxygen atoms in total. The number of carbonyl (C=O) groups excluding carboxylic acids is 1. The maximum Gasteiger partial charge on any atom is 0.374 e. The van der Waals surface area contributed by atoms with Crippen LogP contribution < -0.4 is 0 Å². The Morgan fingerprint density at radius 1 is 1.18 bits per heavy atom. The Balaban J connectivity index is 3.72. The van der Waals surface area contributed by atoms with Crippen LogP contribution in [-0.2, 0) is 29.1 Å². The van der Waals surface area contributed by atoms with E-state index in [-0.39, 0.29) is 26.4 Å². The fourth-order valence-electron chi connectivity index (χ4n) is 0.658. The molecular weight excluding hydrogens is 256 g/mol. The molecule has 0 amide bonds. The maximum absolute atomic E-state index is 11.0. The first-order valence-electron chi connectivity index (χ1n) is 4.49. The van der Waals surface area contributed by atoms with E-state index in [9.17, 15) is 13.2 Å². The van der Waals surface area contributed by atoms with Crippen molar-refractivity contribution >= 4 is 16.1 Å². The van der Waals surface area contributed by atoms with Crippen LogP contribution in [0.4, 0.5) is 0 Å². The van der Waals surface area contributed by atoms with Crippen LogP contribution in [0.15, 0.2) is 12.3 Å². The third-order valence-corrected chi connectivity index (χ3v) is 1.72. The Bertz CT molecular complexity index is 347. The van der Waals surface area contributed by atoms with Crippen molar-refractivity contribution in [2.24, 2.45) is 0 Å². The van der Waals surface area contributed by atoms with Crippen molar-refractivity contribution in [3.63, 3.8) is 0 Å². The number of aliphatic hydroxyl groups excluding tert-OH is 1. The lowest BCUT2D eigenvalue weighted by atomic mass is 10.5. The molecule has 0 aromatic carbocycles. The topological polar surface area (TPSA) is 119 Å². The monoisotopic (exact) mass is 270 g/mol. The number of ether oxygens (including phenoxy) is 3. The Kier molecular flexibility index (Phi) is 7.46. The molecule has 9 heteroatoms. The van der Waals surface area contributed by atoms with Gasteiger partial charge in [-0.3, -0.25) is 4.55 Å². The Morgan fingerprint density at radius 3 is 2.35 bits per heavy atom. The molecule has 0 saturated heterocycles. The average molecular weight is 270 g/mol. The summed E-state index contributed by atoms with van der Waals surface area (Å²) >= 11 is 0. The van der Waals surface area contributed by atoms with Gasteiger partial charge in [-0.2, -0.15) is 8.42 Å². The van der Waals surface area contributed by atoms with E-state index in [1.54, 1.807) is 0 Å². The predicted octanol–water partition coefficient (Wildman–Crippen LogP) is -1.09. The van der Waals surface area contributed by atoms with Crippen molar-refractivity contribution in [2.45, 2.75) is 0 Å². The summed E-state index contributed by atoms with van der Waals surface area (Å²) in [7, 11) is -4.38. The maximum atomic E-state index is 11.0. The predicted molar refractivity (Wildman–Crippen MR) is 55.5 cm³/mol. The summed E-state index contributed by atoms with van der Waals surface area (Å²) in [5.41, 5.74) is 0. The van der Waals surface area contributed by atoms with Gasteiger partial charge in [0.2, 0.25) is 5.94 Å². The minimum absolute atomic E-state index is 0.000190. The zero-order chi connectivity index (χ0) is 13.3. The molecule has 0 bridgehead atoms. The Hall–Kier alpha value is -1.16. The molecule has 17 heavy (non-hydrogen) atoms. The van der Waals surface area contributed by atoms with Crippen LogP contribution in [0.1, 0.15) is 0 Å². The number of aliphatic hydroxyl groups is 1. The Labute approximate surface area is 98.5 Å². The first-order chi connectivity index (χ1) is 7.87. The zero-order valence-electron chi connectivity index (χ0n) is 8.99. The number of hydrogen-bond acceptors (Lipinski definition) is 7. The van der Waals surface area contributed by atoms with E-state index >= 15 is 0 Å². The molecule has 0 saturated carbocycles.